The summed E-state index contributed by atoms with van der Waals surface area (Å²) in [5.74, 6) is -0.387. The fourth-order valence-corrected chi connectivity index (χ4v) is 4.89. The normalized spacial score (nSPS) is 11.4. The maximum absolute atomic E-state index is 14.4. The Balaban J connectivity index is 0.000000941. The molecule has 3 aromatic rings. The molecular formula is C41H51F7O7. The molecule has 1 unspecified atom stereocenters. The lowest BCUT2D eigenvalue weighted by molar-refractivity contribution is -0.143. The van der Waals surface area contributed by atoms with Crippen LogP contribution in [0.2, 0.25) is 0 Å². The zero-order chi connectivity index (χ0) is 42.4. The SMILES string of the molecule is C=CC(=O)c1ccc(-c2cc(OCCCCC=O)c(F)cc2OC)c(CC)c1.CC=O.CCOC.COC(c1cc(C(F)(F)F)cc(C(F)(F)F)c1)C(C)C. The first-order valence-electron chi connectivity index (χ1n) is 17.3. The summed E-state index contributed by atoms with van der Waals surface area (Å²) in [4.78, 5) is 31.1. The fraction of sp³-hybridized carbons (Fsp3) is 0.439. The minimum atomic E-state index is -4.84. The van der Waals surface area contributed by atoms with Crippen LogP contribution in [-0.2, 0) is 37.8 Å². The Labute approximate surface area is 318 Å². The van der Waals surface area contributed by atoms with E-state index in [-0.39, 0.29) is 29.1 Å². The average Bonchev–Trinajstić information content (AvgIpc) is 3.14. The summed E-state index contributed by atoms with van der Waals surface area (Å²) in [6.45, 7) is 13.4. The van der Waals surface area contributed by atoms with Gasteiger partial charge in [0.25, 0.3) is 0 Å². The fourth-order valence-electron chi connectivity index (χ4n) is 4.89. The molecule has 0 heterocycles. The topological polar surface area (TPSA) is 88.1 Å². The lowest BCUT2D eigenvalue weighted by atomic mass is 9.94. The highest BCUT2D eigenvalue weighted by atomic mass is 19.4. The quantitative estimate of drug-likeness (QED) is 0.0498. The monoisotopic (exact) mass is 788 g/mol. The summed E-state index contributed by atoms with van der Waals surface area (Å²) in [6, 6.07) is 9.81. The first kappa shape index (κ1) is 50.4. The molecule has 0 saturated carbocycles. The van der Waals surface area contributed by atoms with Crippen LogP contribution < -0.4 is 9.47 Å². The summed E-state index contributed by atoms with van der Waals surface area (Å²) in [6.07, 6.45) is -5.10. The van der Waals surface area contributed by atoms with Gasteiger partial charge in [0.2, 0.25) is 0 Å². The van der Waals surface area contributed by atoms with E-state index >= 15 is 0 Å². The van der Waals surface area contributed by atoms with Gasteiger partial charge in [-0.05, 0) is 92.1 Å². The van der Waals surface area contributed by atoms with Gasteiger partial charge >= 0.3 is 12.4 Å². The Morgan fingerprint density at radius 3 is 1.82 bits per heavy atom. The molecule has 0 N–H and O–H groups in total. The Bertz CT molecular complexity index is 1600. The predicted molar refractivity (Wildman–Crippen MR) is 198 cm³/mol. The van der Waals surface area contributed by atoms with Gasteiger partial charge in [-0.2, -0.15) is 26.3 Å². The molecule has 0 aliphatic carbocycles. The molecule has 0 spiro atoms. The number of ether oxygens (including phenoxy) is 4. The van der Waals surface area contributed by atoms with Crippen molar-refractivity contribution < 1.29 is 64.1 Å². The number of benzene rings is 3. The molecule has 3 aromatic carbocycles. The lowest BCUT2D eigenvalue weighted by Crippen LogP contribution is -2.15. The molecule has 306 valence electrons. The second-order valence-electron chi connectivity index (χ2n) is 11.8. The smallest absolute Gasteiger partial charge is 0.416 e. The maximum Gasteiger partial charge on any atom is 0.416 e. The second-order valence-corrected chi connectivity index (χ2v) is 11.8. The van der Waals surface area contributed by atoms with E-state index in [4.69, 9.17) is 19.0 Å². The number of unbranched alkanes of at least 4 members (excludes halogenated alkanes) is 2. The third-order valence-electron chi connectivity index (χ3n) is 7.56. The number of methoxy groups -OCH3 is 3. The molecule has 0 aliphatic heterocycles. The van der Waals surface area contributed by atoms with Crippen LogP contribution in [-0.4, -0.2) is 52.9 Å². The van der Waals surface area contributed by atoms with E-state index in [1.54, 1.807) is 33.1 Å². The summed E-state index contributed by atoms with van der Waals surface area (Å²) in [5.41, 5.74) is 0.254. The van der Waals surface area contributed by atoms with Crippen LogP contribution in [0.1, 0.15) is 92.6 Å². The molecular weight excluding hydrogens is 737 g/mol. The molecule has 3 rings (SSSR count). The number of alkyl halides is 6. The Morgan fingerprint density at radius 1 is 0.836 bits per heavy atom. The number of hydrogen-bond acceptors (Lipinski definition) is 7. The standard InChI is InChI=1S/C23H25FO4.C13H14F6O.C3H8O.C2H4O/c1-4-16-13-17(21(26)5-2)9-10-18(16)19-14-23(20(24)15-22(19)27-3)28-12-8-6-7-11-25;1-7(2)11(20-3)8-4-9(12(14,15)16)6-10(5-8)13(17,18)19;1-3-4-2;1-2-3/h5,9-11,13-15H,2,4,6-8,12H2,1,3H3;4-7,11H,1-3H3;3H2,1-2H3;2H,1H3. The molecule has 0 aliphatic rings. The lowest BCUT2D eigenvalue weighted by Gasteiger charge is -2.22. The first-order valence-corrected chi connectivity index (χ1v) is 17.3. The highest BCUT2D eigenvalue weighted by Gasteiger charge is 2.37. The number of carbonyl (C=O) groups excluding carboxylic acids is 3. The molecule has 0 radical (unpaired) electrons. The van der Waals surface area contributed by atoms with Gasteiger partial charge in [-0.25, -0.2) is 4.39 Å². The van der Waals surface area contributed by atoms with Gasteiger partial charge in [-0.3, -0.25) is 4.79 Å². The van der Waals surface area contributed by atoms with Crippen LogP contribution in [0.5, 0.6) is 11.5 Å². The van der Waals surface area contributed by atoms with Crippen molar-refractivity contribution in [1.82, 2.24) is 0 Å². The largest absolute Gasteiger partial charge is 0.496 e. The van der Waals surface area contributed by atoms with Gasteiger partial charge in [0.1, 0.15) is 18.3 Å². The third kappa shape index (κ3) is 17.2. The molecule has 0 fully saturated rings. The minimum absolute atomic E-state index is 0.108. The van der Waals surface area contributed by atoms with Crippen LogP contribution in [0.25, 0.3) is 11.1 Å². The summed E-state index contributed by atoms with van der Waals surface area (Å²) < 4.78 is 111. The highest BCUT2D eigenvalue weighted by Crippen LogP contribution is 2.40. The molecule has 7 nitrogen and oxygen atoms in total. The Hall–Kier alpha value is -4.56. The number of halogens is 7. The van der Waals surface area contributed by atoms with E-state index in [0.29, 0.717) is 61.3 Å². The van der Waals surface area contributed by atoms with Gasteiger partial charge in [0.15, 0.2) is 17.3 Å². The predicted octanol–water partition coefficient (Wildman–Crippen LogP) is 11.1. The molecule has 55 heavy (non-hydrogen) atoms. The van der Waals surface area contributed by atoms with Gasteiger partial charge in [0, 0.05) is 44.4 Å². The van der Waals surface area contributed by atoms with Crippen molar-refractivity contribution in [1.29, 1.82) is 0 Å². The van der Waals surface area contributed by atoms with Crippen LogP contribution in [0.15, 0.2) is 61.2 Å². The van der Waals surface area contributed by atoms with Crippen molar-refractivity contribution in [3.05, 3.63) is 94.8 Å². The van der Waals surface area contributed by atoms with E-state index < -0.39 is 35.4 Å². The van der Waals surface area contributed by atoms with Crippen LogP contribution in [0.4, 0.5) is 30.7 Å². The van der Waals surface area contributed by atoms with Crippen LogP contribution >= 0.6 is 0 Å². The number of carbonyl (C=O) groups is 3. The van der Waals surface area contributed by atoms with Gasteiger partial charge in [-0.15, -0.1) is 0 Å². The maximum atomic E-state index is 14.4. The van der Waals surface area contributed by atoms with E-state index in [1.807, 2.05) is 26.0 Å². The van der Waals surface area contributed by atoms with E-state index in [1.165, 1.54) is 33.3 Å². The second kappa shape index (κ2) is 25.5. The summed E-state index contributed by atoms with van der Waals surface area (Å²) >= 11 is 0. The average molecular weight is 789 g/mol. The number of allylic oxidation sites excluding steroid dienone is 1. The Morgan fingerprint density at radius 2 is 1.40 bits per heavy atom. The minimum Gasteiger partial charge on any atom is -0.496 e. The number of aldehydes is 2. The van der Waals surface area contributed by atoms with Crippen molar-refractivity contribution in [3.8, 4) is 22.6 Å². The van der Waals surface area contributed by atoms with Crippen molar-refractivity contribution in [2.24, 2.45) is 5.92 Å². The highest BCUT2D eigenvalue weighted by molar-refractivity contribution is 6.04. The number of rotatable bonds is 15. The van der Waals surface area contributed by atoms with Gasteiger partial charge in [0.05, 0.1) is 30.9 Å². The summed E-state index contributed by atoms with van der Waals surface area (Å²) in [5, 5.41) is 0. The number of ketones is 1. The van der Waals surface area contributed by atoms with Crippen molar-refractivity contribution >= 4 is 18.4 Å². The zero-order valence-electron chi connectivity index (χ0n) is 32.5. The van der Waals surface area contributed by atoms with Crippen molar-refractivity contribution in [2.45, 2.75) is 78.8 Å². The number of aryl methyl sites for hydroxylation is 1. The molecule has 0 amide bonds. The van der Waals surface area contributed by atoms with Crippen LogP contribution in [0, 0.1) is 11.7 Å². The first-order chi connectivity index (χ1) is 25.8. The molecule has 0 bridgehead atoms. The molecule has 0 aromatic heterocycles. The summed E-state index contributed by atoms with van der Waals surface area (Å²) in [7, 11) is 4.41. The van der Waals surface area contributed by atoms with E-state index in [0.717, 1.165) is 30.3 Å². The molecule has 14 heteroatoms. The van der Waals surface area contributed by atoms with E-state index in [2.05, 4.69) is 11.3 Å². The number of hydrogen-bond donors (Lipinski definition) is 0. The van der Waals surface area contributed by atoms with Crippen molar-refractivity contribution in [3.63, 3.8) is 0 Å². The zero-order valence-corrected chi connectivity index (χ0v) is 32.5. The van der Waals surface area contributed by atoms with Crippen molar-refractivity contribution in [2.75, 3.05) is 34.5 Å². The van der Waals surface area contributed by atoms with Gasteiger partial charge < -0.3 is 28.5 Å². The Kier molecular flexibility index (Phi) is 23.4. The van der Waals surface area contributed by atoms with Crippen LogP contribution in [0.3, 0.4) is 0 Å². The third-order valence-corrected chi connectivity index (χ3v) is 7.56. The molecule has 1 atom stereocenters. The van der Waals surface area contributed by atoms with Gasteiger partial charge in [-0.1, -0.05) is 39.5 Å². The van der Waals surface area contributed by atoms with E-state index in [9.17, 15) is 40.3 Å². The molecule has 0 saturated heterocycles.